The number of nitro groups is 1. The van der Waals surface area contributed by atoms with Gasteiger partial charge >= 0.3 is 0 Å². The van der Waals surface area contributed by atoms with Crippen LogP contribution >= 0.6 is 0 Å². The number of carbonyl (C=O) groups is 2. The van der Waals surface area contributed by atoms with Crippen LogP contribution in [0.2, 0.25) is 0 Å². The first-order valence-corrected chi connectivity index (χ1v) is 14.4. The molecular formula is C32H41N5O4. The van der Waals surface area contributed by atoms with E-state index >= 15 is 0 Å². The first-order valence-electron chi connectivity index (χ1n) is 14.4. The van der Waals surface area contributed by atoms with Crippen LogP contribution in [0.4, 0.5) is 17.1 Å². The molecule has 2 heterocycles. The maximum Gasteiger partial charge on any atom is 0.269 e. The molecule has 0 radical (unpaired) electrons. The monoisotopic (exact) mass is 559 g/mol. The number of hydrogen-bond acceptors (Lipinski definition) is 7. The third-order valence-corrected chi connectivity index (χ3v) is 8.27. The Bertz CT molecular complexity index is 1410. The highest BCUT2D eigenvalue weighted by Gasteiger charge is 2.43. The molecule has 218 valence electrons. The Hall–Kier alpha value is -3.72. The highest BCUT2D eigenvalue weighted by Crippen LogP contribution is 2.48. The summed E-state index contributed by atoms with van der Waals surface area (Å²) >= 11 is 0. The van der Waals surface area contributed by atoms with Gasteiger partial charge in [0, 0.05) is 46.9 Å². The third kappa shape index (κ3) is 6.15. The van der Waals surface area contributed by atoms with Crippen LogP contribution in [-0.4, -0.2) is 40.3 Å². The number of rotatable bonds is 5. The van der Waals surface area contributed by atoms with Gasteiger partial charge in [-0.2, -0.15) is 0 Å². The fraction of sp³-hybridized carbons (Fsp3) is 0.500. The molecule has 1 saturated heterocycles. The highest BCUT2D eigenvalue weighted by atomic mass is 16.6. The van der Waals surface area contributed by atoms with Crippen molar-refractivity contribution in [3.63, 3.8) is 0 Å². The molecule has 5 rings (SSSR count). The molecule has 0 aromatic heterocycles. The molecule has 2 aromatic rings. The quantitative estimate of drug-likeness (QED) is 0.321. The molecule has 2 aliphatic heterocycles. The van der Waals surface area contributed by atoms with Crippen molar-refractivity contribution >= 4 is 28.8 Å². The van der Waals surface area contributed by atoms with Gasteiger partial charge in [0.25, 0.3) is 5.69 Å². The number of ketones is 1. The zero-order chi connectivity index (χ0) is 29.7. The SMILES string of the molecule is CC1(C)CC(=O)C2=C(C1)Nc1ccccc1N(CC(=O)NC1CC(C)(C)NC(C)(C)C1)C2c1cccc([N+](=O)[O-])c1. The second-order valence-electron chi connectivity index (χ2n) is 13.9. The van der Waals surface area contributed by atoms with Crippen LogP contribution in [0.25, 0.3) is 0 Å². The Labute approximate surface area is 241 Å². The average Bonchev–Trinajstić information content (AvgIpc) is 2.95. The summed E-state index contributed by atoms with van der Waals surface area (Å²) in [6.07, 6.45) is 2.58. The van der Waals surface area contributed by atoms with E-state index in [1.54, 1.807) is 6.07 Å². The Kier molecular flexibility index (Phi) is 7.22. The van der Waals surface area contributed by atoms with Crippen LogP contribution in [0.15, 0.2) is 59.8 Å². The number of nitro benzene ring substituents is 1. The van der Waals surface area contributed by atoms with Gasteiger partial charge in [0.05, 0.1) is 28.9 Å². The van der Waals surface area contributed by atoms with Crippen LogP contribution < -0.4 is 20.9 Å². The Morgan fingerprint density at radius 1 is 1.02 bits per heavy atom. The number of piperidine rings is 1. The fourth-order valence-corrected chi connectivity index (χ4v) is 7.23. The summed E-state index contributed by atoms with van der Waals surface area (Å²) in [6, 6.07) is 13.5. The van der Waals surface area contributed by atoms with Crippen molar-refractivity contribution in [2.75, 3.05) is 16.8 Å². The summed E-state index contributed by atoms with van der Waals surface area (Å²) in [4.78, 5) is 41.0. The predicted molar refractivity (Wildman–Crippen MR) is 161 cm³/mol. The van der Waals surface area contributed by atoms with E-state index in [4.69, 9.17) is 0 Å². The number of amides is 1. The summed E-state index contributed by atoms with van der Waals surface area (Å²) in [5, 5.41) is 22.2. The van der Waals surface area contributed by atoms with Gasteiger partial charge in [0.2, 0.25) is 5.91 Å². The smallest absolute Gasteiger partial charge is 0.269 e. The van der Waals surface area contributed by atoms with Crippen LogP contribution in [0.5, 0.6) is 0 Å². The summed E-state index contributed by atoms with van der Waals surface area (Å²) in [6.45, 7) is 12.7. The highest BCUT2D eigenvalue weighted by molar-refractivity contribution is 6.02. The molecule has 0 saturated carbocycles. The molecular weight excluding hydrogens is 518 g/mol. The van der Waals surface area contributed by atoms with Crippen LogP contribution in [0.3, 0.4) is 0 Å². The number of non-ortho nitro benzene ring substituents is 1. The van der Waals surface area contributed by atoms with Crippen molar-refractivity contribution in [1.29, 1.82) is 0 Å². The minimum absolute atomic E-state index is 0.00963. The number of allylic oxidation sites excluding steroid dienone is 1. The number of nitrogens with zero attached hydrogens (tertiary/aromatic N) is 2. The van der Waals surface area contributed by atoms with Gasteiger partial charge in [0.15, 0.2) is 5.78 Å². The second-order valence-corrected chi connectivity index (χ2v) is 13.9. The van der Waals surface area contributed by atoms with E-state index in [1.807, 2.05) is 35.2 Å². The number of anilines is 2. The van der Waals surface area contributed by atoms with Crippen molar-refractivity contribution in [2.24, 2.45) is 5.41 Å². The lowest BCUT2D eigenvalue weighted by Crippen LogP contribution is -2.62. The molecule has 9 heteroatoms. The van der Waals surface area contributed by atoms with Crippen molar-refractivity contribution < 1.29 is 14.5 Å². The Morgan fingerprint density at radius 2 is 1.71 bits per heavy atom. The van der Waals surface area contributed by atoms with Gasteiger partial charge < -0.3 is 20.9 Å². The summed E-state index contributed by atoms with van der Waals surface area (Å²) in [7, 11) is 0. The fourth-order valence-electron chi connectivity index (χ4n) is 7.23. The predicted octanol–water partition coefficient (Wildman–Crippen LogP) is 5.64. The zero-order valence-electron chi connectivity index (χ0n) is 24.8. The van der Waals surface area contributed by atoms with Gasteiger partial charge in [-0.15, -0.1) is 0 Å². The number of para-hydroxylation sites is 2. The molecule has 9 nitrogen and oxygen atoms in total. The Morgan fingerprint density at radius 3 is 2.39 bits per heavy atom. The Balaban J connectivity index is 1.59. The van der Waals surface area contributed by atoms with Gasteiger partial charge in [0.1, 0.15) is 0 Å². The van der Waals surface area contributed by atoms with Crippen LogP contribution in [-0.2, 0) is 9.59 Å². The van der Waals surface area contributed by atoms with E-state index in [2.05, 4.69) is 57.5 Å². The summed E-state index contributed by atoms with van der Waals surface area (Å²) < 4.78 is 0. The number of hydrogen-bond donors (Lipinski definition) is 3. The molecule has 1 unspecified atom stereocenters. The molecule has 0 spiro atoms. The number of carbonyl (C=O) groups excluding carboxylic acids is 2. The second kappa shape index (κ2) is 10.3. The zero-order valence-corrected chi connectivity index (χ0v) is 24.8. The lowest BCUT2D eigenvalue weighted by Gasteiger charge is -2.46. The normalized spacial score (nSPS) is 23.1. The first kappa shape index (κ1) is 28.8. The van der Waals surface area contributed by atoms with Crippen molar-refractivity contribution in [1.82, 2.24) is 10.6 Å². The van der Waals surface area contributed by atoms with Gasteiger partial charge in [-0.3, -0.25) is 19.7 Å². The number of nitrogens with one attached hydrogen (secondary N) is 3. The first-order chi connectivity index (χ1) is 19.1. The summed E-state index contributed by atoms with van der Waals surface area (Å²) in [5.74, 6) is -0.165. The standard InChI is InChI=1S/C32H41N5O4/c1-30(2)17-24-28(26(38)18-30)29(20-10-9-11-22(14-20)37(40)41)36(25-13-8-7-12-23(25)34-24)19-27(39)33-21-15-31(3,4)35-32(5,6)16-21/h7-14,21,29,34-35H,15-19H2,1-6H3,(H,33,39). The molecule has 0 bridgehead atoms. The lowest BCUT2D eigenvalue weighted by molar-refractivity contribution is -0.384. The number of Topliss-reactive ketones (excluding diaryl/α,β-unsaturated/α-hetero) is 1. The molecule has 1 atom stereocenters. The lowest BCUT2D eigenvalue weighted by atomic mass is 9.73. The van der Waals surface area contributed by atoms with E-state index in [-0.39, 0.29) is 46.5 Å². The topological polar surface area (TPSA) is 117 Å². The molecule has 2 aromatic carbocycles. The summed E-state index contributed by atoms with van der Waals surface area (Å²) in [5.41, 5.74) is 2.99. The number of benzene rings is 2. The largest absolute Gasteiger partial charge is 0.357 e. The molecule has 1 aliphatic carbocycles. The maximum absolute atomic E-state index is 13.9. The van der Waals surface area contributed by atoms with E-state index in [1.165, 1.54) is 12.1 Å². The molecule has 1 amide bonds. The van der Waals surface area contributed by atoms with E-state index < -0.39 is 11.0 Å². The number of fused-ring (bicyclic) bond motifs is 1. The van der Waals surface area contributed by atoms with Crippen molar-refractivity contribution in [3.8, 4) is 0 Å². The van der Waals surface area contributed by atoms with E-state index in [0.29, 0.717) is 24.0 Å². The van der Waals surface area contributed by atoms with Crippen molar-refractivity contribution in [3.05, 3.63) is 75.5 Å². The maximum atomic E-state index is 13.9. The van der Waals surface area contributed by atoms with E-state index in [0.717, 1.165) is 29.9 Å². The molecule has 1 fully saturated rings. The van der Waals surface area contributed by atoms with Crippen molar-refractivity contribution in [2.45, 2.75) is 90.4 Å². The minimum atomic E-state index is -0.670. The average molecular weight is 560 g/mol. The van der Waals surface area contributed by atoms with E-state index in [9.17, 15) is 19.7 Å². The third-order valence-electron chi connectivity index (χ3n) is 8.27. The van der Waals surface area contributed by atoms with Crippen LogP contribution in [0.1, 0.15) is 78.8 Å². The molecule has 3 aliphatic rings. The van der Waals surface area contributed by atoms with Crippen LogP contribution in [0, 0.1) is 15.5 Å². The van der Waals surface area contributed by atoms with Gasteiger partial charge in [-0.1, -0.05) is 38.1 Å². The molecule has 3 N–H and O–H groups in total. The van der Waals surface area contributed by atoms with Gasteiger partial charge in [-0.05, 0) is 70.1 Å². The minimum Gasteiger partial charge on any atom is -0.357 e. The van der Waals surface area contributed by atoms with Gasteiger partial charge in [-0.25, -0.2) is 0 Å². The molecule has 41 heavy (non-hydrogen) atoms.